The Morgan fingerprint density at radius 1 is 1.14 bits per heavy atom. The van der Waals surface area contributed by atoms with E-state index in [1.807, 2.05) is 56.3 Å². The first kappa shape index (κ1) is 18.6. The van der Waals surface area contributed by atoms with Crippen LogP contribution in [0.3, 0.4) is 0 Å². The molecule has 0 bridgehead atoms. The zero-order chi connectivity index (χ0) is 19.5. The van der Waals surface area contributed by atoms with Gasteiger partial charge in [0.1, 0.15) is 24.1 Å². The second-order valence-electron chi connectivity index (χ2n) is 6.57. The summed E-state index contributed by atoms with van der Waals surface area (Å²) < 4.78 is 11.2. The summed E-state index contributed by atoms with van der Waals surface area (Å²) in [6.45, 7) is 4.92. The fourth-order valence-electron chi connectivity index (χ4n) is 3.10. The van der Waals surface area contributed by atoms with Crippen molar-refractivity contribution in [2.45, 2.75) is 24.9 Å². The van der Waals surface area contributed by atoms with E-state index in [4.69, 9.17) is 9.47 Å². The second-order valence-corrected chi connectivity index (χ2v) is 7.54. The van der Waals surface area contributed by atoms with Crippen molar-refractivity contribution < 1.29 is 14.3 Å². The van der Waals surface area contributed by atoms with E-state index in [1.165, 1.54) is 11.8 Å². The highest BCUT2D eigenvalue weighted by atomic mass is 32.2. The Labute approximate surface area is 167 Å². The normalized spacial score (nSPS) is 13.9. The fraction of sp³-hybridized carbons (Fsp3) is 0.286. The van der Waals surface area contributed by atoms with Gasteiger partial charge in [0, 0.05) is 5.39 Å². The molecule has 0 unspecified atom stereocenters. The van der Waals surface area contributed by atoms with Gasteiger partial charge in [-0.15, -0.1) is 0 Å². The highest BCUT2D eigenvalue weighted by Crippen LogP contribution is 2.32. The smallest absolute Gasteiger partial charge is 0.230 e. The van der Waals surface area contributed by atoms with Crippen LogP contribution in [-0.2, 0) is 4.79 Å². The molecule has 3 aromatic rings. The average Bonchev–Trinajstić information content (AvgIpc) is 2.71. The van der Waals surface area contributed by atoms with Gasteiger partial charge in [0.25, 0.3) is 0 Å². The number of hydrogen-bond acceptors (Lipinski definition) is 6. The van der Waals surface area contributed by atoms with Crippen LogP contribution in [0.5, 0.6) is 11.5 Å². The molecule has 0 radical (unpaired) electrons. The quantitative estimate of drug-likeness (QED) is 0.525. The molecule has 0 saturated carbocycles. The number of ether oxygens (including phenoxy) is 2. The summed E-state index contributed by atoms with van der Waals surface area (Å²) in [7, 11) is 0. The van der Waals surface area contributed by atoms with E-state index in [1.54, 1.807) is 0 Å². The monoisotopic (exact) mass is 395 g/mol. The Kier molecular flexibility index (Phi) is 5.34. The van der Waals surface area contributed by atoms with Crippen LogP contribution >= 0.6 is 11.8 Å². The number of carbonyl (C=O) groups is 1. The molecule has 144 valence electrons. The fourth-order valence-corrected chi connectivity index (χ4v) is 3.97. The van der Waals surface area contributed by atoms with Crippen molar-refractivity contribution in [3.8, 4) is 11.5 Å². The summed E-state index contributed by atoms with van der Waals surface area (Å²) in [5, 5.41) is 4.82. The van der Waals surface area contributed by atoms with Crippen LogP contribution < -0.4 is 14.8 Å². The van der Waals surface area contributed by atoms with Gasteiger partial charge in [-0.1, -0.05) is 36.0 Å². The predicted molar refractivity (Wildman–Crippen MR) is 109 cm³/mol. The molecule has 1 aliphatic heterocycles. The van der Waals surface area contributed by atoms with E-state index in [0.29, 0.717) is 19.0 Å². The summed E-state index contributed by atoms with van der Waals surface area (Å²) >= 11 is 1.42. The Morgan fingerprint density at radius 2 is 1.93 bits per heavy atom. The second kappa shape index (κ2) is 8.06. The van der Waals surface area contributed by atoms with Gasteiger partial charge in [0.05, 0.1) is 17.3 Å². The van der Waals surface area contributed by atoms with Crippen molar-refractivity contribution in [3.05, 3.63) is 53.9 Å². The van der Waals surface area contributed by atoms with Crippen molar-refractivity contribution in [1.82, 2.24) is 15.3 Å². The molecule has 1 aliphatic rings. The van der Waals surface area contributed by atoms with Gasteiger partial charge in [-0.3, -0.25) is 4.79 Å². The largest absolute Gasteiger partial charge is 0.486 e. The highest BCUT2D eigenvalue weighted by molar-refractivity contribution is 8.00. The summed E-state index contributed by atoms with van der Waals surface area (Å²) in [6, 6.07) is 13.5. The van der Waals surface area contributed by atoms with E-state index in [2.05, 4.69) is 15.3 Å². The minimum atomic E-state index is -0.132. The lowest BCUT2D eigenvalue weighted by Crippen LogP contribution is -2.28. The molecule has 1 N–H and O–H groups in total. The van der Waals surface area contributed by atoms with Crippen LogP contribution in [0.25, 0.3) is 10.9 Å². The molecule has 6 nitrogen and oxygen atoms in total. The molecular formula is C21H21N3O3S. The number of nitrogens with one attached hydrogen (secondary N) is 1. The topological polar surface area (TPSA) is 73.3 Å². The molecule has 2 heterocycles. The third-order valence-electron chi connectivity index (χ3n) is 4.46. The maximum absolute atomic E-state index is 12.5. The van der Waals surface area contributed by atoms with Gasteiger partial charge in [0.15, 0.2) is 11.5 Å². The zero-order valence-electron chi connectivity index (χ0n) is 15.8. The molecule has 7 heteroatoms. The van der Waals surface area contributed by atoms with E-state index in [0.717, 1.165) is 33.0 Å². The zero-order valence-corrected chi connectivity index (χ0v) is 16.6. The molecule has 28 heavy (non-hydrogen) atoms. The molecular weight excluding hydrogens is 374 g/mol. The van der Waals surface area contributed by atoms with E-state index >= 15 is 0 Å². The molecule has 1 atom stereocenters. The van der Waals surface area contributed by atoms with Crippen molar-refractivity contribution in [1.29, 1.82) is 0 Å². The number of para-hydroxylation sites is 1. The molecule has 1 amide bonds. The standard InChI is InChI=1S/C21H21N3O3S/c1-13(15-7-8-18-19(11-15)27-10-9-26-18)22-20(25)12-28-21-16-5-3-4-6-17(16)23-14(2)24-21/h3-8,11,13H,9-10,12H2,1-2H3,(H,22,25)/t13-/m1/s1. The molecule has 1 aromatic heterocycles. The van der Waals surface area contributed by atoms with Gasteiger partial charge in [0.2, 0.25) is 5.91 Å². The number of amides is 1. The number of nitrogens with zero attached hydrogens (tertiary/aromatic N) is 2. The van der Waals surface area contributed by atoms with Crippen LogP contribution in [0.4, 0.5) is 0 Å². The average molecular weight is 395 g/mol. The van der Waals surface area contributed by atoms with Crippen LogP contribution in [0.1, 0.15) is 24.4 Å². The van der Waals surface area contributed by atoms with Crippen LogP contribution in [0, 0.1) is 6.92 Å². The van der Waals surface area contributed by atoms with Gasteiger partial charge in [-0.25, -0.2) is 9.97 Å². The number of hydrogen-bond donors (Lipinski definition) is 1. The number of rotatable bonds is 5. The summed E-state index contributed by atoms with van der Waals surface area (Å²) in [5.74, 6) is 2.41. The Morgan fingerprint density at radius 3 is 2.79 bits per heavy atom. The van der Waals surface area contributed by atoms with Crippen molar-refractivity contribution >= 4 is 28.6 Å². The molecule has 0 fully saturated rings. The number of thioether (sulfide) groups is 1. The Bertz CT molecular complexity index is 1020. The van der Waals surface area contributed by atoms with Gasteiger partial charge in [-0.05, 0) is 37.6 Å². The van der Waals surface area contributed by atoms with E-state index < -0.39 is 0 Å². The van der Waals surface area contributed by atoms with Gasteiger partial charge < -0.3 is 14.8 Å². The number of carbonyl (C=O) groups excluding carboxylic acids is 1. The Hall–Kier alpha value is -2.80. The number of fused-ring (bicyclic) bond motifs is 2. The van der Waals surface area contributed by atoms with Gasteiger partial charge >= 0.3 is 0 Å². The third-order valence-corrected chi connectivity index (χ3v) is 5.45. The highest BCUT2D eigenvalue weighted by Gasteiger charge is 2.16. The third kappa shape index (κ3) is 4.04. The maximum atomic E-state index is 12.5. The minimum absolute atomic E-state index is 0.0484. The first-order valence-electron chi connectivity index (χ1n) is 9.15. The lowest BCUT2D eigenvalue weighted by Gasteiger charge is -2.21. The minimum Gasteiger partial charge on any atom is -0.486 e. The number of benzene rings is 2. The number of aromatic nitrogens is 2. The van der Waals surface area contributed by atoms with E-state index in [-0.39, 0.29) is 17.7 Å². The molecule has 2 aromatic carbocycles. The van der Waals surface area contributed by atoms with E-state index in [9.17, 15) is 4.79 Å². The van der Waals surface area contributed by atoms with Crippen LogP contribution in [-0.4, -0.2) is 34.8 Å². The van der Waals surface area contributed by atoms with Crippen LogP contribution in [0.2, 0.25) is 0 Å². The first-order chi connectivity index (χ1) is 13.6. The Balaban J connectivity index is 1.41. The molecule has 0 saturated heterocycles. The summed E-state index contributed by atoms with van der Waals surface area (Å²) in [5.41, 5.74) is 1.87. The van der Waals surface area contributed by atoms with Crippen molar-refractivity contribution in [2.75, 3.05) is 19.0 Å². The van der Waals surface area contributed by atoms with Crippen LogP contribution in [0.15, 0.2) is 47.5 Å². The lowest BCUT2D eigenvalue weighted by atomic mass is 10.1. The molecule has 4 rings (SSSR count). The summed E-state index contributed by atoms with van der Waals surface area (Å²) in [6.07, 6.45) is 0. The van der Waals surface area contributed by atoms with Gasteiger partial charge in [-0.2, -0.15) is 0 Å². The van der Waals surface area contributed by atoms with Crippen molar-refractivity contribution in [2.24, 2.45) is 0 Å². The molecule has 0 spiro atoms. The predicted octanol–water partition coefficient (Wildman–Crippen LogP) is 3.68. The first-order valence-corrected chi connectivity index (χ1v) is 10.1. The SMILES string of the molecule is Cc1nc(SCC(=O)N[C@H](C)c2ccc3c(c2)OCCO3)c2ccccc2n1. The number of aryl methyl sites for hydroxylation is 1. The molecule has 0 aliphatic carbocycles. The lowest BCUT2D eigenvalue weighted by molar-refractivity contribution is -0.119. The maximum Gasteiger partial charge on any atom is 0.230 e. The summed E-state index contributed by atoms with van der Waals surface area (Å²) in [4.78, 5) is 21.4. The van der Waals surface area contributed by atoms with Crippen molar-refractivity contribution in [3.63, 3.8) is 0 Å².